The molecule has 0 atom stereocenters. The van der Waals surface area contributed by atoms with Crippen LogP contribution in [0.3, 0.4) is 0 Å². The van der Waals surface area contributed by atoms with Crippen LogP contribution in [-0.4, -0.2) is 15.5 Å². The van der Waals surface area contributed by atoms with Gasteiger partial charge in [0.1, 0.15) is 5.56 Å². The second kappa shape index (κ2) is 7.52. The molecule has 2 aromatic heterocycles. The fraction of sp³-hybridized carbons (Fsp3) is 0.286. The van der Waals surface area contributed by atoms with Crippen molar-refractivity contribution in [3.05, 3.63) is 70.4 Å². The van der Waals surface area contributed by atoms with Gasteiger partial charge in [-0.2, -0.15) is 0 Å². The maximum atomic E-state index is 12.7. The van der Waals surface area contributed by atoms with Crippen molar-refractivity contribution in [2.75, 3.05) is 5.32 Å². The summed E-state index contributed by atoms with van der Waals surface area (Å²) in [6, 6.07) is 9.30. The van der Waals surface area contributed by atoms with Gasteiger partial charge in [0.25, 0.3) is 11.5 Å². The lowest BCUT2D eigenvalue weighted by Crippen LogP contribution is -2.30. The summed E-state index contributed by atoms with van der Waals surface area (Å²) in [6.07, 6.45) is 6.14. The van der Waals surface area contributed by atoms with Crippen LogP contribution < -0.4 is 10.9 Å². The van der Waals surface area contributed by atoms with Gasteiger partial charge in [-0.15, -0.1) is 0 Å². The van der Waals surface area contributed by atoms with Crippen LogP contribution in [-0.2, 0) is 6.54 Å². The summed E-state index contributed by atoms with van der Waals surface area (Å²) in [5.74, 6) is 0.118. The van der Waals surface area contributed by atoms with Gasteiger partial charge in [-0.3, -0.25) is 14.6 Å². The molecule has 0 saturated heterocycles. The molecule has 134 valence electrons. The van der Waals surface area contributed by atoms with Crippen LogP contribution in [0.4, 0.5) is 5.69 Å². The van der Waals surface area contributed by atoms with Gasteiger partial charge in [0.05, 0.1) is 0 Å². The molecule has 0 fully saturated rings. The van der Waals surface area contributed by atoms with E-state index in [1.165, 1.54) is 0 Å². The van der Waals surface area contributed by atoms with E-state index in [1.54, 1.807) is 30.1 Å². The second-order valence-electron chi connectivity index (χ2n) is 6.95. The van der Waals surface area contributed by atoms with Crippen molar-refractivity contribution in [1.82, 2.24) is 9.55 Å². The monoisotopic (exact) mass is 349 g/mol. The average molecular weight is 349 g/mol. The summed E-state index contributed by atoms with van der Waals surface area (Å²) >= 11 is 0. The first-order chi connectivity index (χ1) is 12.5. The maximum absolute atomic E-state index is 12.7. The number of aromatic nitrogens is 2. The molecule has 1 aromatic carbocycles. The minimum atomic E-state index is -0.375. The summed E-state index contributed by atoms with van der Waals surface area (Å²) < 4.78 is 1.62. The molecule has 0 spiro atoms. The van der Waals surface area contributed by atoms with E-state index in [2.05, 4.69) is 24.1 Å². The topological polar surface area (TPSA) is 64.0 Å². The molecule has 0 saturated carbocycles. The number of pyridine rings is 2. The van der Waals surface area contributed by atoms with Crippen molar-refractivity contribution < 1.29 is 4.79 Å². The van der Waals surface area contributed by atoms with Gasteiger partial charge in [-0.05, 0) is 54.5 Å². The molecule has 0 radical (unpaired) electrons. The fourth-order valence-electron chi connectivity index (χ4n) is 2.87. The minimum Gasteiger partial charge on any atom is -0.322 e. The predicted octanol–water partition coefficient (Wildman–Crippen LogP) is 4.00. The van der Waals surface area contributed by atoms with Gasteiger partial charge < -0.3 is 9.88 Å². The molecule has 0 aliphatic rings. The quantitative estimate of drug-likeness (QED) is 0.757. The Morgan fingerprint density at radius 2 is 2.00 bits per heavy atom. The molecule has 5 heteroatoms. The van der Waals surface area contributed by atoms with E-state index in [0.29, 0.717) is 23.7 Å². The number of carbonyl (C=O) groups excluding carboxylic acids is 1. The van der Waals surface area contributed by atoms with E-state index in [9.17, 15) is 9.59 Å². The first-order valence-corrected chi connectivity index (χ1v) is 8.81. The Morgan fingerprint density at radius 1 is 1.19 bits per heavy atom. The zero-order chi connectivity index (χ0) is 18.7. The largest absolute Gasteiger partial charge is 0.322 e. The molecule has 3 rings (SSSR count). The minimum absolute atomic E-state index is 0.200. The van der Waals surface area contributed by atoms with Crippen molar-refractivity contribution in [3.8, 4) is 0 Å². The number of aryl methyl sites for hydroxylation is 2. The number of hydrogen-bond donors (Lipinski definition) is 1. The Bertz CT molecular complexity index is 1010. The molecule has 26 heavy (non-hydrogen) atoms. The number of amides is 1. The second-order valence-corrected chi connectivity index (χ2v) is 6.95. The molecule has 5 nitrogen and oxygen atoms in total. The Hall–Kier alpha value is -2.95. The van der Waals surface area contributed by atoms with Gasteiger partial charge >= 0.3 is 0 Å². The number of benzene rings is 1. The van der Waals surface area contributed by atoms with Crippen molar-refractivity contribution in [2.45, 2.75) is 33.7 Å². The molecular formula is C21H23N3O2. The summed E-state index contributed by atoms with van der Waals surface area (Å²) in [4.78, 5) is 29.6. The highest BCUT2D eigenvalue weighted by molar-refractivity contribution is 6.05. The lowest BCUT2D eigenvalue weighted by molar-refractivity contribution is 0.102. The van der Waals surface area contributed by atoms with Crippen molar-refractivity contribution >= 4 is 22.4 Å². The molecule has 0 bridgehead atoms. The van der Waals surface area contributed by atoms with Crippen LogP contribution in [0.1, 0.15) is 36.2 Å². The SMILES string of the molecule is Cc1ccn(CCC(C)C)c(=O)c1C(=O)Nc1ccc2cnccc2c1. The Kier molecular flexibility index (Phi) is 5.16. The first-order valence-electron chi connectivity index (χ1n) is 8.81. The average Bonchev–Trinajstić information content (AvgIpc) is 2.61. The Labute approximate surface area is 152 Å². The lowest BCUT2D eigenvalue weighted by atomic mass is 10.1. The highest BCUT2D eigenvalue weighted by Gasteiger charge is 2.16. The smallest absolute Gasteiger partial charge is 0.263 e. The molecule has 0 aliphatic heterocycles. The summed E-state index contributed by atoms with van der Waals surface area (Å²) in [5.41, 5.74) is 1.29. The molecule has 0 aliphatic carbocycles. The Morgan fingerprint density at radius 3 is 2.77 bits per heavy atom. The van der Waals surface area contributed by atoms with E-state index in [-0.39, 0.29) is 17.0 Å². The molecule has 1 amide bonds. The van der Waals surface area contributed by atoms with Crippen LogP contribution in [0.15, 0.2) is 53.7 Å². The summed E-state index contributed by atoms with van der Waals surface area (Å²) in [5, 5.41) is 4.83. The van der Waals surface area contributed by atoms with Crippen LogP contribution in [0.5, 0.6) is 0 Å². The number of fused-ring (bicyclic) bond motifs is 1. The van der Waals surface area contributed by atoms with Gasteiger partial charge in [-0.25, -0.2) is 0 Å². The molecule has 3 aromatic rings. The molecule has 2 heterocycles. The normalized spacial score (nSPS) is 11.1. The van der Waals surface area contributed by atoms with E-state index in [4.69, 9.17) is 0 Å². The van der Waals surface area contributed by atoms with Gasteiger partial charge in [-0.1, -0.05) is 19.9 Å². The molecular weight excluding hydrogens is 326 g/mol. The van der Waals surface area contributed by atoms with Crippen LogP contribution in [0.2, 0.25) is 0 Å². The van der Waals surface area contributed by atoms with Crippen molar-refractivity contribution in [3.63, 3.8) is 0 Å². The number of nitrogens with one attached hydrogen (secondary N) is 1. The number of carbonyl (C=O) groups is 1. The van der Waals surface area contributed by atoms with Crippen LogP contribution in [0.25, 0.3) is 10.8 Å². The summed E-state index contributed by atoms with van der Waals surface area (Å²) in [7, 11) is 0. The zero-order valence-corrected chi connectivity index (χ0v) is 15.3. The van der Waals surface area contributed by atoms with E-state index in [0.717, 1.165) is 17.2 Å². The van der Waals surface area contributed by atoms with E-state index in [1.807, 2.05) is 30.3 Å². The fourth-order valence-corrected chi connectivity index (χ4v) is 2.87. The van der Waals surface area contributed by atoms with Crippen molar-refractivity contribution in [2.24, 2.45) is 5.92 Å². The van der Waals surface area contributed by atoms with Gasteiger partial charge in [0.15, 0.2) is 0 Å². The van der Waals surface area contributed by atoms with Gasteiger partial charge in [0.2, 0.25) is 0 Å². The first kappa shape index (κ1) is 17.9. The number of rotatable bonds is 5. The van der Waals surface area contributed by atoms with Crippen molar-refractivity contribution in [1.29, 1.82) is 0 Å². The summed E-state index contributed by atoms with van der Waals surface area (Å²) in [6.45, 7) is 6.62. The van der Waals surface area contributed by atoms with E-state index >= 15 is 0 Å². The van der Waals surface area contributed by atoms with Crippen LogP contribution >= 0.6 is 0 Å². The van der Waals surface area contributed by atoms with Gasteiger partial charge in [0, 0.05) is 36.2 Å². The van der Waals surface area contributed by atoms with Crippen LogP contribution in [0, 0.1) is 12.8 Å². The van der Waals surface area contributed by atoms with E-state index < -0.39 is 0 Å². The number of anilines is 1. The third-order valence-electron chi connectivity index (χ3n) is 4.45. The predicted molar refractivity (Wildman–Crippen MR) is 105 cm³/mol. The maximum Gasteiger partial charge on any atom is 0.263 e. The zero-order valence-electron chi connectivity index (χ0n) is 15.3. The number of hydrogen-bond acceptors (Lipinski definition) is 3. The number of nitrogens with zero attached hydrogens (tertiary/aromatic N) is 2. The molecule has 0 unspecified atom stereocenters. The highest BCUT2D eigenvalue weighted by Crippen LogP contribution is 2.18. The Balaban J connectivity index is 1.88. The standard InChI is InChI=1S/C21H23N3O2/c1-14(2)7-10-24-11-8-15(3)19(21(24)26)20(25)23-18-5-4-17-13-22-9-6-16(17)12-18/h4-6,8-9,11-14H,7,10H2,1-3H3,(H,23,25). The highest BCUT2D eigenvalue weighted by atomic mass is 16.2. The third-order valence-corrected chi connectivity index (χ3v) is 4.45. The lowest BCUT2D eigenvalue weighted by Gasteiger charge is -2.12. The third kappa shape index (κ3) is 3.82. The molecule has 1 N–H and O–H groups in total.